The van der Waals surface area contributed by atoms with Crippen molar-refractivity contribution in [3.63, 3.8) is 0 Å². The Morgan fingerprint density at radius 1 is 0.657 bits per heavy atom. The zero-order chi connectivity index (χ0) is 25.3. The fraction of sp³-hybridized carbons (Fsp3) is 0.286. The fourth-order valence-electron chi connectivity index (χ4n) is 3.71. The van der Waals surface area contributed by atoms with E-state index in [4.69, 9.17) is 19.7 Å². The Bertz CT molecular complexity index is 1040. The average molecular weight is 479 g/mol. The van der Waals surface area contributed by atoms with Crippen LogP contribution in [0, 0.1) is 6.92 Å². The Labute approximate surface area is 204 Å². The van der Waals surface area contributed by atoms with E-state index in [1.165, 1.54) is 0 Å². The molecule has 35 heavy (non-hydrogen) atoms. The number of ether oxygens (including phenoxy) is 2. The normalized spacial score (nSPS) is 11.1. The summed E-state index contributed by atoms with van der Waals surface area (Å²) in [6.45, 7) is 2.57. The quantitative estimate of drug-likeness (QED) is 0.240. The van der Waals surface area contributed by atoms with Gasteiger partial charge in [0.25, 0.3) is 0 Å². The predicted molar refractivity (Wildman–Crippen MR) is 131 cm³/mol. The molecule has 0 saturated heterocycles. The van der Waals surface area contributed by atoms with Gasteiger partial charge in [-0.2, -0.15) is 0 Å². The van der Waals surface area contributed by atoms with Crippen LogP contribution in [0.25, 0.3) is 0 Å². The van der Waals surface area contributed by atoms with Crippen molar-refractivity contribution in [3.8, 4) is 11.5 Å². The monoisotopic (exact) mass is 478 g/mol. The van der Waals surface area contributed by atoms with Gasteiger partial charge in [0.15, 0.2) is 0 Å². The molecule has 0 fully saturated rings. The van der Waals surface area contributed by atoms with Gasteiger partial charge >= 0.3 is 11.9 Å². The summed E-state index contributed by atoms with van der Waals surface area (Å²) < 4.78 is 11.3. The summed E-state index contributed by atoms with van der Waals surface area (Å²) in [7, 11) is 0. The minimum Gasteiger partial charge on any atom is -0.494 e. The minimum absolute atomic E-state index is 0.0462. The minimum atomic E-state index is -1.43. The molecular formula is C28H30O7. The maximum atomic E-state index is 12.0. The molecule has 3 aromatic carbocycles. The van der Waals surface area contributed by atoms with Crippen LogP contribution in [0.5, 0.6) is 11.5 Å². The molecule has 0 aliphatic rings. The van der Waals surface area contributed by atoms with Crippen LogP contribution in [0.3, 0.4) is 0 Å². The van der Waals surface area contributed by atoms with Crippen LogP contribution in [-0.4, -0.2) is 40.5 Å². The van der Waals surface area contributed by atoms with E-state index < -0.39 is 17.5 Å². The molecular weight excluding hydrogens is 448 g/mol. The highest BCUT2D eigenvalue weighted by atomic mass is 16.5. The average Bonchev–Trinajstić information content (AvgIpc) is 2.85. The van der Waals surface area contributed by atoms with Crippen LogP contribution >= 0.6 is 0 Å². The fourth-order valence-corrected chi connectivity index (χ4v) is 3.71. The van der Waals surface area contributed by atoms with Gasteiger partial charge in [0.05, 0.1) is 13.2 Å². The second kappa shape index (κ2) is 12.0. The second-order valence-electron chi connectivity index (χ2n) is 8.32. The van der Waals surface area contributed by atoms with Gasteiger partial charge in [0.1, 0.15) is 17.1 Å². The first kappa shape index (κ1) is 25.8. The van der Waals surface area contributed by atoms with Crippen molar-refractivity contribution in [2.75, 3.05) is 13.2 Å². The second-order valence-corrected chi connectivity index (χ2v) is 8.32. The maximum Gasteiger partial charge on any atom is 0.303 e. The molecule has 0 spiro atoms. The lowest BCUT2D eigenvalue weighted by Gasteiger charge is -2.30. The van der Waals surface area contributed by atoms with Gasteiger partial charge in [-0.05, 0) is 60.7 Å². The Balaban J connectivity index is 1.82. The van der Waals surface area contributed by atoms with E-state index >= 15 is 0 Å². The molecule has 0 amide bonds. The lowest BCUT2D eigenvalue weighted by atomic mass is 9.80. The molecule has 0 aliphatic heterocycles. The number of rotatable bonds is 13. The van der Waals surface area contributed by atoms with Gasteiger partial charge in [0.2, 0.25) is 0 Å². The Kier molecular flexibility index (Phi) is 8.86. The first-order valence-corrected chi connectivity index (χ1v) is 11.5. The van der Waals surface area contributed by atoms with Crippen LogP contribution in [-0.2, 0) is 15.2 Å². The third-order valence-corrected chi connectivity index (χ3v) is 5.62. The molecule has 3 rings (SSSR count). The highest BCUT2D eigenvalue weighted by Crippen LogP contribution is 2.38. The largest absolute Gasteiger partial charge is 0.494 e. The Morgan fingerprint density at radius 2 is 1.00 bits per heavy atom. The Morgan fingerprint density at radius 3 is 1.34 bits per heavy atom. The molecule has 184 valence electrons. The zero-order valence-corrected chi connectivity index (χ0v) is 19.6. The number of aryl methyl sites for hydroxylation is 1. The van der Waals surface area contributed by atoms with Crippen molar-refractivity contribution in [2.45, 2.75) is 38.2 Å². The standard InChI is InChI=1S/C28H30O7/c1-20-6-8-21(9-7-20)28(33,22-10-14-24(15-11-22)34-18-2-4-26(29)30)23-12-16-25(17-13-23)35-19-3-5-27(31)32/h6-17,33H,2-5,18-19H2,1H3,(H,29,30)(H,31,32). The number of aliphatic hydroxyl groups is 1. The van der Waals surface area contributed by atoms with Gasteiger partial charge in [-0.1, -0.05) is 54.1 Å². The summed E-state index contributed by atoms with van der Waals surface area (Å²) in [6.07, 6.45) is 0.916. The van der Waals surface area contributed by atoms with E-state index in [2.05, 4.69) is 0 Å². The summed E-state index contributed by atoms with van der Waals surface area (Å²) >= 11 is 0. The topological polar surface area (TPSA) is 113 Å². The summed E-state index contributed by atoms with van der Waals surface area (Å²) in [5.74, 6) is -0.529. The van der Waals surface area contributed by atoms with Gasteiger partial charge in [-0.3, -0.25) is 9.59 Å². The summed E-state index contributed by atoms with van der Waals surface area (Å²) in [5.41, 5.74) is 1.64. The van der Waals surface area contributed by atoms with E-state index in [-0.39, 0.29) is 12.8 Å². The molecule has 3 aromatic rings. The Hall–Kier alpha value is -3.84. The number of hydrogen-bond acceptors (Lipinski definition) is 5. The smallest absolute Gasteiger partial charge is 0.303 e. The lowest BCUT2D eigenvalue weighted by Crippen LogP contribution is -2.28. The summed E-state index contributed by atoms with van der Waals surface area (Å²) in [4.78, 5) is 21.3. The highest BCUT2D eigenvalue weighted by molar-refractivity contribution is 5.66. The van der Waals surface area contributed by atoms with E-state index in [1.54, 1.807) is 48.5 Å². The van der Waals surface area contributed by atoms with E-state index in [0.717, 1.165) is 5.56 Å². The van der Waals surface area contributed by atoms with Crippen LogP contribution in [0.1, 0.15) is 47.9 Å². The SMILES string of the molecule is Cc1ccc(C(O)(c2ccc(OCCCC(=O)O)cc2)c2ccc(OCCCC(=O)O)cc2)cc1. The first-order chi connectivity index (χ1) is 16.8. The van der Waals surface area contributed by atoms with Crippen molar-refractivity contribution >= 4 is 11.9 Å². The molecule has 0 radical (unpaired) electrons. The van der Waals surface area contributed by atoms with Crippen LogP contribution in [0.2, 0.25) is 0 Å². The van der Waals surface area contributed by atoms with Crippen molar-refractivity contribution < 1.29 is 34.4 Å². The van der Waals surface area contributed by atoms with Gasteiger partial charge in [0, 0.05) is 12.8 Å². The van der Waals surface area contributed by atoms with Crippen LogP contribution in [0.4, 0.5) is 0 Å². The number of aliphatic carboxylic acids is 2. The highest BCUT2D eigenvalue weighted by Gasteiger charge is 2.34. The number of hydrogen-bond donors (Lipinski definition) is 3. The van der Waals surface area contributed by atoms with Crippen molar-refractivity contribution in [1.82, 2.24) is 0 Å². The molecule has 3 N–H and O–H groups in total. The lowest BCUT2D eigenvalue weighted by molar-refractivity contribution is -0.138. The number of carboxylic acid groups (broad SMARTS) is 2. The molecule has 0 bridgehead atoms. The molecule has 7 nitrogen and oxygen atoms in total. The number of carboxylic acids is 2. The van der Waals surface area contributed by atoms with Crippen molar-refractivity contribution in [1.29, 1.82) is 0 Å². The molecule has 0 saturated carbocycles. The predicted octanol–water partition coefficient (Wildman–Crippen LogP) is 4.77. The zero-order valence-electron chi connectivity index (χ0n) is 19.6. The molecule has 0 unspecified atom stereocenters. The number of carbonyl (C=O) groups is 2. The van der Waals surface area contributed by atoms with E-state index in [9.17, 15) is 14.7 Å². The van der Waals surface area contributed by atoms with Gasteiger partial charge in [-0.15, -0.1) is 0 Å². The molecule has 0 aromatic heterocycles. The summed E-state index contributed by atoms with van der Waals surface area (Å²) in [5, 5.41) is 29.5. The molecule has 7 heteroatoms. The maximum absolute atomic E-state index is 12.0. The third-order valence-electron chi connectivity index (χ3n) is 5.62. The van der Waals surface area contributed by atoms with Gasteiger partial charge < -0.3 is 24.8 Å². The number of benzene rings is 3. The molecule has 0 atom stereocenters. The van der Waals surface area contributed by atoms with Crippen LogP contribution in [0.15, 0.2) is 72.8 Å². The van der Waals surface area contributed by atoms with E-state index in [1.807, 2.05) is 31.2 Å². The molecule has 0 heterocycles. The van der Waals surface area contributed by atoms with Crippen molar-refractivity contribution in [3.05, 3.63) is 95.1 Å². The van der Waals surface area contributed by atoms with Gasteiger partial charge in [-0.25, -0.2) is 0 Å². The van der Waals surface area contributed by atoms with E-state index in [0.29, 0.717) is 54.2 Å². The third kappa shape index (κ3) is 7.07. The molecule has 0 aliphatic carbocycles. The van der Waals surface area contributed by atoms with Crippen LogP contribution < -0.4 is 9.47 Å². The first-order valence-electron chi connectivity index (χ1n) is 11.5. The van der Waals surface area contributed by atoms with Crippen molar-refractivity contribution in [2.24, 2.45) is 0 Å². The summed E-state index contributed by atoms with van der Waals surface area (Å²) in [6, 6.07) is 21.9.